The summed E-state index contributed by atoms with van der Waals surface area (Å²) in [6.07, 6.45) is -2.11. The van der Waals surface area contributed by atoms with E-state index in [9.17, 15) is 10.2 Å². The number of hydrogen-bond donors (Lipinski definition) is 4. The zero-order valence-corrected chi connectivity index (χ0v) is 11.7. The van der Waals surface area contributed by atoms with Gasteiger partial charge in [-0.3, -0.25) is 5.32 Å². The quantitative estimate of drug-likeness (QED) is 0.667. The van der Waals surface area contributed by atoms with Gasteiger partial charge in [-0.05, 0) is 12.1 Å². The van der Waals surface area contributed by atoms with E-state index in [4.69, 9.17) is 21.2 Å². The van der Waals surface area contributed by atoms with Gasteiger partial charge in [0.2, 0.25) is 0 Å². The van der Waals surface area contributed by atoms with E-state index in [-0.39, 0.29) is 6.61 Å². The van der Waals surface area contributed by atoms with Gasteiger partial charge in [-0.2, -0.15) is 0 Å². The van der Waals surface area contributed by atoms with E-state index in [1.807, 2.05) is 12.1 Å². The van der Waals surface area contributed by atoms with Crippen molar-refractivity contribution in [3.8, 4) is 11.3 Å². The zero-order chi connectivity index (χ0) is 15.0. The molecule has 1 aromatic heterocycles. The summed E-state index contributed by atoms with van der Waals surface area (Å²) in [6, 6.07) is 7.62. The molecule has 0 aliphatic carbocycles. The minimum atomic E-state index is -1.06. The van der Waals surface area contributed by atoms with Crippen LogP contribution >= 0.6 is 11.6 Å². The van der Waals surface area contributed by atoms with E-state index < -0.39 is 24.3 Å². The van der Waals surface area contributed by atoms with E-state index in [1.54, 1.807) is 18.2 Å². The second kappa shape index (κ2) is 5.75. The average molecular weight is 311 g/mol. The van der Waals surface area contributed by atoms with E-state index in [1.165, 1.54) is 0 Å². The zero-order valence-electron chi connectivity index (χ0n) is 11.0. The first-order chi connectivity index (χ1) is 10.1. The van der Waals surface area contributed by atoms with Crippen molar-refractivity contribution in [2.75, 3.05) is 6.61 Å². The minimum Gasteiger partial charge on any atom is -0.395 e. The largest absolute Gasteiger partial charge is 0.395 e. The van der Waals surface area contributed by atoms with Crippen LogP contribution in [0.15, 0.2) is 34.9 Å². The number of aliphatic hydroxyl groups is 3. The summed E-state index contributed by atoms with van der Waals surface area (Å²) in [5.74, 6) is 0.405. The second-order valence-corrected chi connectivity index (χ2v) is 5.47. The van der Waals surface area contributed by atoms with E-state index >= 15 is 0 Å². The standard InChI is InChI=1S/C14H15ClN2O4/c15-8-3-1-7(2-4-8)9-5-11(21-17-9)12-14(20)13(19)10(6-18)16-12/h1-5,10,12-14,16,18-20H,6H2/t10-,12-,13-,14-/m1/s1. The molecule has 0 bridgehead atoms. The maximum atomic E-state index is 10.00. The third kappa shape index (κ3) is 2.68. The Morgan fingerprint density at radius 3 is 2.52 bits per heavy atom. The fourth-order valence-electron chi connectivity index (χ4n) is 2.47. The number of hydrogen-bond acceptors (Lipinski definition) is 6. The predicted molar refractivity (Wildman–Crippen MR) is 75.7 cm³/mol. The number of nitrogens with one attached hydrogen (secondary N) is 1. The highest BCUT2D eigenvalue weighted by atomic mass is 35.5. The molecule has 4 atom stereocenters. The number of aromatic nitrogens is 1. The van der Waals surface area contributed by atoms with Gasteiger partial charge in [-0.15, -0.1) is 0 Å². The van der Waals surface area contributed by atoms with Crippen LogP contribution in [-0.4, -0.2) is 45.3 Å². The molecule has 7 heteroatoms. The number of rotatable bonds is 3. The summed E-state index contributed by atoms with van der Waals surface area (Å²) < 4.78 is 5.25. The molecular weight excluding hydrogens is 296 g/mol. The van der Waals surface area contributed by atoms with Gasteiger partial charge in [0.15, 0.2) is 5.76 Å². The third-order valence-corrected chi connectivity index (χ3v) is 3.92. The molecule has 0 unspecified atom stereocenters. The van der Waals surface area contributed by atoms with E-state index in [0.717, 1.165) is 5.56 Å². The highest BCUT2D eigenvalue weighted by molar-refractivity contribution is 6.30. The van der Waals surface area contributed by atoms with Gasteiger partial charge in [0.25, 0.3) is 0 Å². The van der Waals surface area contributed by atoms with Crippen molar-refractivity contribution in [3.05, 3.63) is 41.1 Å². The number of aliphatic hydroxyl groups excluding tert-OH is 3. The number of halogens is 1. The van der Waals surface area contributed by atoms with Crippen LogP contribution in [0.4, 0.5) is 0 Å². The Hall–Kier alpha value is -1.44. The van der Waals surface area contributed by atoms with Crippen molar-refractivity contribution in [2.24, 2.45) is 0 Å². The van der Waals surface area contributed by atoms with Crippen molar-refractivity contribution in [2.45, 2.75) is 24.3 Å². The molecular formula is C14H15ClN2O4. The molecule has 0 radical (unpaired) electrons. The van der Waals surface area contributed by atoms with Crippen LogP contribution in [0, 0.1) is 0 Å². The van der Waals surface area contributed by atoms with Crippen molar-refractivity contribution in [1.82, 2.24) is 10.5 Å². The lowest BCUT2D eigenvalue weighted by Gasteiger charge is -2.12. The summed E-state index contributed by atoms with van der Waals surface area (Å²) in [5, 5.41) is 36.4. The first-order valence-corrected chi connectivity index (χ1v) is 6.93. The monoisotopic (exact) mass is 310 g/mol. The molecule has 112 valence electrons. The summed E-state index contributed by atoms with van der Waals surface area (Å²) >= 11 is 5.84. The summed E-state index contributed by atoms with van der Waals surface area (Å²) in [7, 11) is 0. The molecule has 1 aliphatic rings. The molecule has 0 amide bonds. The van der Waals surface area contributed by atoms with Crippen molar-refractivity contribution in [1.29, 1.82) is 0 Å². The lowest BCUT2D eigenvalue weighted by molar-refractivity contribution is 0.0166. The van der Waals surface area contributed by atoms with Crippen LogP contribution in [-0.2, 0) is 0 Å². The molecule has 4 N–H and O–H groups in total. The average Bonchev–Trinajstić information content (AvgIpc) is 3.07. The Labute approximate surface area is 126 Å². The van der Waals surface area contributed by atoms with E-state index in [0.29, 0.717) is 16.5 Å². The lowest BCUT2D eigenvalue weighted by Crippen LogP contribution is -2.35. The summed E-state index contributed by atoms with van der Waals surface area (Å²) in [5.41, 5.74) is 1.44. The molecule has 0 saturated carbocycles. The Bertz CT molecular complexity index is 616. The van der Waals surface area contributed by atoms with Crippen LogP contribution < -0.4 is 5.32 Å². The minimum absolute atomic E-state index is 0.271. The van der Waals surface area contributed by atoms with E-state index in [2.05, 4.69) is 10.5 Å². The molecule has 1 aliphatic heterocycles. The predicted octanol–water partition coefficient (Wildman–Crippen LogP) is 0.722. The highest BCUT2D eigenvalue weighted by Crippen LogP contribution is 2.30. The molecule has 1 saturated heterocycles. The topological polar surface area (TPSA) is 98.8 Å². The SMILES string of the molecule is OC[C@H]1N[C@H](c2cc(-c3ccc(Cl)cc3)no2)[C@@H](O)[C@@H]1O. The van der Waals surface area contributed by atoms with Gasteiger partial charge in [-0.25, -0.2) is 0 Å². The normalized spacial score (nSPS) is 29.0. The summed E-state index contributed by atoms with van der Waals surface area (Å²) in [4.78, 5) is 0. The summed E-state index contributed by atoms with van der Waals surface area (Å²) in [6.45, 7) is -0.271. The van der Waals surface area contributed by atoms with Crippen molar-refractivity contribution >= 4 is 11.6 Å². The molecule has 1 aromatic carbocycles. The Kier molecular flexibility index (Phi) is 3.97. The number of nitrogens with zero attached hydrogens (tertiary/aromatic N) is 1. The maximum absolute atomic E-state index is 10.00. The van der Waals surface area contributed by atoms with Gasteiger partial charge in [0.1, 0.15) is 11.8 Å². The van der Waals surface area contributed by atoms with Crippen LogP contribution in [0.1, 0.15) is 11.8 Å². The van der Waals surface area contributed by atoms with Gasteiger partial charge in [-0.1, -0.05) is 28.9 Å². The Morgan fingerprint density at radius 1 is 1.19 bits per heavy atom. The van der Waals surface area contributed by atoms with Crippen LogP contribution in [0.2, 0.25) is 5.02 Å². The lowest BCUT2D eigenvalue weighted by atomic mass is 10.1. The van der Waals surface area contributed by atoms with Gasteiger partial charge in [0.05, 0.1) is 24.8 Å². The Balaban J connectivity index is 1.84. The smallest absolute Gasteiger partial charge is 0.157 e. The van der Waals surface area contributed by atoms with Gasteiger partial charge in [0, 0.05) is 16.7 Å². The van der Waals surface area contributed by atoms with Gasteiger partial charge < -0.3 is 19.8 Å². The first-order valence-electron chi connectivity index (χ1n) is 6.55. The van der Waals surface area contributed by atoms with Crippen LogP contribution in [0.5, 0.6) is 0 Å². The highest BCUT2D eigenvalue weighted by Gasteiger charge is 2.43. The maximum Gasteiger partial charge on any atom is 0.157 e. The van der Waals surface area contributed by atoms with Crippen molar-refractivity contribution < 1.29 is 19.8 Å². The molecule has 21 heavy (non-hydrogen) atoms. The van der Waals surface area contributed by atoms with Crippen LogP contribution in [0.25, 0.3) is 11.3 Å². The molecule has 2 aromatic rings. The molecule has 2 heterocycles. The Morgan fingerprint density at radius 2 is 1.90 bits per heavy atom. The van der Waals surface area contributed by atoms with Crippen LogP contribution in [0.3, 0.4) is 0 Å². The third-order valence-electron chi connectivity index (χ3n) is 3.67. The first kappa shape index (κ1) is 14.5. The van der Waals surface area contributed by atoms with Gasteiger partial charge >= 0.3 is 0 Å². The molecule has 1 fully saturated rings. The molecule has 3 rings (SSSR count). The van der Waals surface area contributed by atoms with Crippen molar-refractivity contribution in [3.63, 3.8) is 0 Å². The fraction of sp³-hybridized carbons (Fsp3) is 0.357. The fourth-order valence-corrected chi connectivity index (χ4v) is 2.59. The molecule has 6 nitrogen and oxygen atoms in total. The molecule has 0 spiro atoms. The second-order valence-electron chi connectivity index (χ2n) is 5.04. The number of benzene rings is 1.